The molecule has 0 aliphatic carbocycles. The van der Waals surface area contributed by atoms with Gasteiger partial charge in [-0.2, -0.15) is 0 Å². The fraction of sp³-hybridized carbons (Fsp3) is 0.438. The molecule has 2 N–H and O–H groups in total. The predicted molar refractivity (Wildman–Crippen MR) is 84.1 cm³/mol. The molecule has 0 saturated heterocycles. The van der Waals surface area contributed by atoms with Crippen molar-refractivity contribution in [3.8, 4) is 0 Å². The lowest BCUT2D eigenvalue weighted by Gasteiger charge is -2.14. The molecule has 0 fully saturated rings. The minimum absolute atomic E-state index is 0.160. The standard InChI is InChI=1S/C16H23N3O/c1-4-17-11-14-9-13-7-5-6-8-15(13)16(19-14)18-10-12(2)20-3/h5-9,12,17H,4,10-11H2,1-3H3,(H,18,19). The van der Waals surface area contributed by atoms with Crippen LogP contribution >= 0.6 is 0 Å². The van der Waals surface area contributed by atoms with Crippen molar-refractivity contribution in [3.63, 3.8) is 0 Å². The largest absolute Gasteiger partial charge is 0.380 e. The SMILES string of the molecule is CCNCc1cc2ccccc2c(NCC(C)OC)n1. The fourth-order valence-corrected chi connectivity index (χ4v) is 2.06. The molecule has 1 atom stereocenters. The number of methoxy groups -OCH3 is 1. The molecular formula is C16H23N3O. The first-order valence-corrected chi connectivity index (χ1v) is 7.10. The van der Waals surface area contributed by atoms with Crippen LogP contribution in [-0.4, -0.2) is 31.3 Å². The summed E-state index contributed by atoms with van der Waals surface area (Å²) in [5.74, 6) is 0.930. The number of nitrogens with zero attached hydrogens (tertiary/aromatic N) is 1. The van der Waals surface area contributed by atoms with Crippen molar-refractivity contribution in [2.75, 3.05) is 25.5 Å². The Hall–Kier alpha value is -1.65. The van der Waals surface area contributed by atoms with Gasteiger partial charge in [-0.3, -0.25) is 0 Å². The topological polar surface area (TPSA) is 46.2 Å². The third kappa shape index (κ3) is 3.68. The molecule has 4 heteroatoms. The molecule has 0 spiro atoms. The quantitative estimate of drug-likeness (QED) is 0.814. The average molecular weight is 273 g/mol. The Balaban J connectivity index is 2.28. The summed E-state index contributed by atoms with van der Waals surface area (Å²) < 4.78 is 5.28. The number of rotatable bonds is 7. The van der Waals surface area contributed by atoms with Gasteiger partial charge in [-0.05, 0) is 24.9 Å². The lowest BCUT2D eigenvalue weighted by molar-refractivity contribution is 0.128. The van der Waals surface area contributed by atoms with E-state index < -0.39 is 0 Å². The summed E-state index contributed by atoms with van der Waals surface area (Å²) >= 11 is 0. The number of ether oxygens (including phenoxy) is 1. The van der Waals surface area contributed by atoms with E-state index in [0.717, 1.165) is 36.5 Å². The first kappa shape index (κ1) is 14.8. The highest BCUT2D eigenvalue weighted by atomic mass is 16.5. The van der Waals surface area contributed by atoms with Crippen LogP contribution < -0.4 is 10.6 Å². The molecule has 0 aliphatic heterocycles. The Morgan fingerprint density at radius 3 is 2.85 bits per heavy atom. The Bertz CT molecular complexity index is 556. The summed E-state index contributed by atoms with van der Waals surface area (Å²) in [6.07, 6.45) is 0.160. The van der Waals surface area contributed by atoms with Crippen LogP contribution in [0.3, 0.4) is 0 Å². The summed E-state index contributed by atoms with van der Waals surface area (Å²) in [5.41, 5.74) is 1.05. The van der Waals surface area contributed by atoms with Crippen LogP contribution in [0.15, 0.2) is 30.3 Å². The summed E-state index contributed by atoms with van der Waals surface area (Å²) in [5, 5.41) is 9.07. The lowest BCUT2D eigenvalue weighted by atomic mass is 10.1. The van der Waals surface area contributed by atoms with E-state index in [1.54, 1.807) is 7.11 Å². The second-order valence-corrected chi connectivity index (χ2v) is 4.89. The first-order valence-electron chi connectivity index (χ1n) is 7.10. The van der Waals surface area contributed by atoms with Gasteiger partial charge in [0.25, 0.3) is 0 Å². The molecule has 108 valence electrons. The van der Waals surface area contributed by atoms with Gasteiger partial charge in [-0.25, -0.2) is 4.98 Å². The average Bonchev–Trinajstić information content (AvgIpc) is 2.50. The highest BCUT2D eigenvalue weighted by molar-refractivity contribution is 5.92. The summed E-state index contributed by atoms with van der Waals surface area (Å²) in [7, 11) is 1.72. The van der Waals surface area contributed by atoms with E-state index in [2.05, 4.69) is 41.8 Å². The maximum Gasteiger partial charge on any atom is 0.134 e. The van der Waals surface area contributed by atoms with Gasteiger partial charge in [0.2, 0.25) is 0 Å². The van der Waals surface area contributed by atoms with E-state index in [1.165, 1.54) is 5.39 Å². The van der Waals surface area contributed by atoms with E-state index in [-0.39, 0.29) is 6.10 Å². The smallest absolute Gasteiger partial charge is 0.134 e. The van der Waals surface area contributed by atoms with Crippen molar-refractivity contribution in [2.45, 2.75) is 26.5 Å². The molecule has 0 aliphatic rings. The third-order valence-corrected chi connectivity index (χ3v) is 3.31. The van der Waals surface area contributed by atoms with Crippen molar-refractivity contribution in [2.24, 2.45) is 0 Å². The van der Waals surface area contributed by atoms with Gasteiger partial charge in [0, 0.05) is 25.6 Å². The van der Waals surface area contributed by atoms with Gasteiger partial charge in [-0.15, -0.1) is 0 Å². The van der Waals surface area contributed by atoms with Gasteiger partial charge in [0.05, 0.1) is 11.8 Å². The first-order chi connectivity index (χ1) is 9.74. The molecule has 0 saturated carbocycles. The van der Waals surface area contributed by atoms with E-state index in [4.69, 9.17) is 9.72 Å². The summed E-state index contributed by atoms with van der Waals surface area (Å²) in [4.78, 5) is 4.72. The summed E-state index contributed by atoms with van der Waals surface area (Å²) in [6.45, 7) is 6.62. The molecular weight excluding hydrogens is 250 g/mol. The monoisotopic (exact) mass is 273 g/mol. The molecule has 1 aromatic carbocycles. The Kier molecular flexibility index (Phi) is 5.32. The summed E-state index contributed by atoms with van der Waals surface area (Å²) in [6, 6.07) is 10.5. The zero-order valence-corrected chi connectivity index (χ0v) is 12.4. The Labute approximate surface area is 120 Å². The molecule has 20 heavy (non-hydrogen) atoms. The zero-order valence-electron chi connectivity index (χ0n) is 12.4. The van der Waals surface area contributed by atoms with Crippen LogP contribution in [-0.2, 0) is 11.3 Å². The van der Waals surface area contributed by atoms with E-state index in [9.17, 15) is 0 Å². The van der Waals surface area contributed by atoms with Crippen LogP contribution in [0.1, 0.15) is 19.5 Å². The van der Waals surface area contributed by atoms with Crippen LogP contribution in [0.5, 0.6) is 0 Å². The fourth-order valence-electron chi connectivity index (χ4n) is 2.06. The van der Waals surface area contributed by atoms with Gasteiger partial charge in [-0.1, -0.05) is 31.2 Å². The predicted octanol–water partition coefficient (Wildman–Crippen LogP) is 2.79. The van der Waals surface area contributed by atoms with Gasteiger partial charge in [0.15, 0.2) is 0 Å². The second kappa shape index (κ2) is 7.22. The van der Waals surface area contributed by atoms with Crippen molar-refractivity contribution in [1.29, 1.82) is 0 Å². The molecule has 2 rings (SSSR count). The molecule has 1 aromatic heterocycles. The number of nitrogens with one attached hydrogen (secondary N) is 2. The Morgan fingerprint density at radius 2 is 2.10 bits per heavy atom. The molecule has 1 heterocycles. The number of pyridine rings is 1. The maximum atomic E-state index is 5.28. The molecule has 0 radical (unpaired) electrons. The normalized spacial score (nSPS) is 12.6. The highest BCUT2D eigenvalue weighted by Crippen LogP contribution is 2.22. The number of hydrogen-bond acceptors (Lipinski definition) is 4. The van der Waals surface area contributed by atoms with Gasteiger partial charge >= 0.3 is 0 Å². The van der Waals surface area contributed by atoms with Crippen LogP contribution in [0.25, 0.3) is 10.8 Å². The van der Waals surface area contributed by atoms with Gasteiger partial charge < -0.3 is 15.4 Å². The molecule has 1 unspecified atom stereocenters. The number of fused-ring (bicyclic) bond motifs is 1. The lowest BCUT2D eigenvalue weighted by Crippen LogP contribution is -2.19. The minimum Gasteiger partial charge on any atom is -0.380 e. The molecule has 4 nitrogen and oxygen atoms in total. The van der Waals surface area contributed by atoms with Crippen molar-refractivity contribution >= 4 is 16.6 Å². The molecule has 2 aromatic rings. The number of hydrogen-bond donors (Lipinski definition) is 2. The molecule has 0 bridgehead atoms. The Morgan fingerprint density at radius 1 is 1.30 bits per heavy atom. The highest BCUT2D eigenvalue weighted by Gasteiger charge is 2.07. The number of aromatic nitrogens is 1. The van der Waals surface area contributed by atoms with Crippen LogP contribution in [0.4, 0.5) is 5.82 Å². The minimum atomic E-state index is 0.160. The second-order valence-electron chi connectivity index (χ2n) is 4.89. The van der Waals surface area contributed by atoms with Crippen LogP contribution in [0, 0.1) is 0 Å². The number of anilines is 1. The van der Waals surface area contributed by atoms with Crippen molar-refractivity contribution in [1.82, 2.24) is 10.3 Å². The van der Waals surface area contributed by atoms with E-state index >= 15 is 0 Å². The van der Waals surface area contributed by atoms with Gasteiger partial charge in [0.1, 0.15) is 5.82 Å². The van der Waals surface area contributed by atoms with Crippen molar-refractivity contribution in [3.05, 3.63) is 36.0 Å². The van der Waals surface area contributed by atoms with Crippen molar-refractivity contribution < 1.29 is 4.74 Å². The number of benzene rings is 1. The van der Waals surface area contributed by atoms with E-state index in [0.29, 0.717) is 0 Å². The maximum absolute atomic E-state index is 5.28. The third-order valence-electron chi connectivity index (χ3n) is 3.31. The van der Waals surface area contributed by atoms with E-state index in [1.807, 2.05) is 13.0 Å². The van der Waals surface area contributed by atoms with Crippen LogP contribution in [0.2, 0.25) is 0 Å². The zero-order chi connectivity index (χ0) is 14.4. The molecule has 0 amide bonds.